The van der Waals surface area contributed by atoms with Crippen molar-refractivity contribution in [2.75, 3.05) is 11.1 Å². The summed E-state index contributed by atoms with van der Waals surface area (Å²) in [5, 5.41) is 12.3. The van der Waals surface area contributed by atoms with Gasteiger partial charge >= 0.3 is 0 Å². The molecule has 2 aromatic heterocycles. The van der Waals surface area contributed by atoms with Gasteiger partial charge in [-0.3, -0.25) is 18.6 Å². The molecule has 4 aromatic rings. The van der Waals surface area contributed by atoms with Gasteiger partial charge in [-0.15, -0.1) is 10.2 Å². The van der Waals surface area contributed by atoms with E-state index in [0.717, 1.165) is 36.0 Å². The summed E-state index contributed by atoms with van der Waals surface area (Å²) < 4.78 is 3.87. The van der Waals surface area contributed by atoms with Crippen LogP contribution in [0.4, 0.5) is 5.69 Å². The Bertz CT molecular complexity index is 1320. The third kappa shape index (κ3) is 4.27. The van der Waals surface area contributed by atoms with Crippen LogP contribution in [-0.2, 0) is 16.1 Å². The zero-order chi connectivity index (χ0) is 23.7. The van der Waals surface area contributed by atoms with Crippen molar-refractivity contribution in [2.45, 2.75) is 56.9 Å². The molecule has 0 aliphatic carbocycles. The lowest BCUT2D eigenvalue weighted by molar-refractivity contribution is -0.137. The number of hydrogen-bond acceptors (Lipinski definition) is 5. The molecular weight excluding hydrogens is 448 g/mol. The minimum Gasteiger partial charge on any atom is -0.336 e. The summed E-state index contributed by atoms with van der Waals surface area (Å²) in [6.45, 7) is 4.47. The second kappa shape index (κ2) is 9.50. The molecule has 1 saturated heterocycles. The molecule has 8 nitrogen and oxygen atoms in total. The van der Waals surface area contributed by atoms with E-state index in [4.69, 9.17) is 0 Å². The van der Waals surface area contributed by atoms with E-state index in [1.807, 2.05) is 68.5 Å². The van der Waals surface area contributed by atoms with E-state index in [2.05, 4.69) is 29.4 Å². The number of imidazole rings is 1. The number of piperidine rings is 1. The van der Waals surface area contributed by atoms with Gasteiger partial charge in [-0.1, -0.05) is 42.1 Å². The van der Waals surface area contributed by atoms with Crippen molar-refractivity contribution in [3.63, 3.8) is 0 Å². The molecule has 2 amide bonds. The third-order valence-electron chi connectivity index (χ3n) is 6.44. The largest absolute Gasteiger partial charge is 0.336 e. The number of carbonyl (C=O) groups excluding carboxylic acids is 2. The lowest BCUT2D eigenvalue weighted by Gasteiger charge is -2.39. The van der Waals surface area contributed by atoms with E-state index >= 15 is 0 Å². The van der Waals surface area contributed by atoms with E-state index in [0.29, 0.717) is 10.9 Å². The topological polar surface area (TPSA) is 84.5 Å². The summed E-state index contributed by atoms with van der Waals surface area (Å²) in [6, 6.07) is 17.8. The van der Waals surface area contributed by atoms with E-state index in [9.17, 15) is 9.59 Å². The lowest BCUT2D eigenvalue weighted by atomic mass is 9.97. The Morgan fingerprint density at radius 2 is 1.65 bits per heavy atom. The first-order valence-electron chi connectivity index (χ1n) is 11.6. The highest BCUT2D eigenvalue weighted by molar-refractivity contribution is 7.99. The Morgan fingerprint density at radius 3 is 2.38 bits per heavy atom. The minimum atomic E-state index is -0.111. The van der Waals surface area contributed by atoms with Crippen LogP contribution in [0.25, 0.3) is 16.8 Å². The van der Waals surface area contributed by atoms with Gasteiger partial charge in [0.1, 0.15) is 6.54 Å². The number of anilines is 1. The number of likely N-dealkylation sites (tertiary alicyclic amines) is 1. The zero-order valence-corrected chi connectivity index (χ0v) is 20.2. The minimum absolute atomic E-state index is 0.0994. The number of thioether (sulfide) groups is 1. The van der Waals surface area contributed by atoms with Crippen molar-refractivity contribution in [2.24, 2.45) is 0 Å². The normalized spacial score (nSPS) is 18.5. The van der Waals surface area contributed by atoms with Crippen LogP contribution in [0.5, 0.6) is 0 Å². The molecule has 34 heavy (non-hydrogen) atoms. The van der Waals surface area contributed by atoms with Crippen LogP contribution in [0.3, 0.4) is 0 Å². The van der Waals surface area contributed by atoms with Crippen molar-refractivity contribution in [1.82, 2.24) is 24.1 Å². The summed E-state index contributed by atoms with van der Waals surface area (Å²) in [7, 11) is 0. The number of rotatable bonds is 6. The van der Waals surface area contributed by atoms with E-state index in [1.165, 1.54) is 11.8 Å². The Hall–Kier alpha value is -3.33. The Balaban J connectivity index is 1.40. The van der Waals surface area contributed by atoms with Gasteiger partial charge in [-0.05, 0) is 57.4 Å². The van der Waals surface area contributed by atoms with Gasteiger partial charge < -0.3 is 10.2 Å². The van der Waals surface area contributed by atoms with Crippen LogP contribution in [0, 0.1) is 0 Å². The summed E-state index contributed by atoms with van der Waals surface area (Å²) in [5.41, 5.74) is 2.60. The second-order valence-electron chi connectivity index (χ2n) is 8.83. The molecule has 3 heterocycles. The van der Waals surface area contributed by atoms with Crippen LogP contribution in [0.1, 0.15) is 33.1 Å². The van der Waals surface area contributed by atoms with E-state index < -0.39 is 0 Å². The maximum Gasteiger partial charge on any atom is 0.243 e. The average molecular weight is 477 g/mol. The molecule has 1 aliphatic rings. The Kier molecular flexibility index (Phi) is 6.28. The van der Waals surface area contributed by atoms with Crippen LogP contribution in [-0.4, -0.2) is 53.7 Å². The van der Waals surface area contributed by atoms with Crippen molar-refractivity contribution in [1.29, 1.82) is 0 Å². The molecule has 0 radical (unpaired) electrons. The highest BCUT2D eigenvalue weighted by atomic mass is 32.2. The summed E-state index contributed by atoms with van der Waals surface area (Å²) in [4.78, 5) is 27.8. The molecule has 176 valence electrons. The number of amides is 2. The molecule has 0 unspecified atom stereocenters. The number of hydrogen-bond donors (Lipinski definition) is 1. The SMILES string of the molecule is C[C@@H]1CCC[C@H](C)N1C(=O)Cn1c2ccccc2n2c(SCC(=O)Nc3ccccc3)nnc12. The van der Waals surface area contributed by atoms with Crippen molar-refractivity contribution >= 4 is 46.1 Å². The molecule has 1 fully saturated rings. The molecule has 2 atom stereocenters. The molecule has 9 heteroatoms. The predicted octanol–water partition coefficient (Wildman–Crippen LogP) is 4.20. The van der Waals surface area contributed by atoms with Gasteiger partial charge in [0, 0.05) is 17.8 Å². The monoisotopic (exact) mass is 476 g/mol. The first-order valence-corrected chi connectivity index (χ1v) is 12.6. The average Bonchev–Trinajstić information content (AvgIpc) is 3.38. The number of nitrogens with zero attached hydrogens (tertiary/aromatic N) is 5. The maximum atomic E-state index is 13.4. The Labute approximate surface area is 202 Å². The molecule has 0 saturated carbocycles. The molecule has 5 rings (SSSR count). The first kappa shape index (κ1) is 22.5. The summed E-state index contributed by atoms with van der Waals surface area (Å²) in [6.07, 6.45) is 3.23. The van der Waals surface area contributed by atoms with Gasteiger partial charge in [0.05, 0.1) is 16.8 Å². The third-order valence-corrected chi connectivity index (χ3v) is 7.36. The number of para-hydroxylation sites is 3. The number of benzene rings is 2. The Morgan fingerprint density at radius 1 is 0.971 bits per heavy atom. The lowest BCUT2D eigenvalue weighted by Crippen LogP contribution is -2.48. The number of nitrogens with one attached hydrogen (secondary N) is 1. The van der Waals surface area contributed by atoms with Crippen LogP contribution in [0.2, 0.25) is 0 Å². The van der Waals surface area contributed by atoms with Crippen LogP contribution < -0.4 is 5.32 Å². The number of fused-ring (bicyclic) bond motifs is 3. The fourth-order valence-corrected chi connectivity index (χ4v) is 5.60. The summed E-state index contributed by atoms with van der Waals surface area (Å²) >= 11 is 1.33. The van der Waals surface area contributed by atoms with Gasteiger partial charge in [0.2, 0.25) is 17.6 Å². The van der Waals surface area contributed by atoms with Crippen molar-refractivity contribution in [3.8, 4) is 0 Å². The predicted molar refractivity (Wildman–Crippen MR) is 134 cm³/mol. The van der Waals surface area contributed by atoms with E-state index in [-0.39, 0.29) is 36.2 Å². The molecule has 2 aromatic carbocycles. The van der Waals surface area contributed by atoms with Gasteiger partial charge in [-0.2, -0.15) is 0 Å². The molecule has 0 spiro atoms. The highest BCUT2D eigenvalue weighted by Crippen LogP contribution is 2.28. The highest BCUT2D eigenvalue weighted by Gasteiger charge is 2.30. The molecule has 1 N–H and O–H groups in total. The smallest absolute Gasteiger partial charge is 0.243 e. The fourth-order valence-electron chi connectivity index (χ4n) is 4.86. The first-order chi connectivity index (χ1) is 16.5. The molecule has 0 bridgehead atoms. The second-order valence-corrected chi connectivity index (χ2v) is 9.77. The zero-order valence-electron chi connectivity index (χ0n) is 19.3. The van der Waals surface area contributed by atoms with Gasteiger partial charge in [-0.25, -0.2) is 0 Å². The number of aromatic nitrogens is 4. The van der Waals surface area contributed by atoms with Crippen LogP contribution in [0.15, 0.2) is 59.8 Å². The molecular formula is C25H28N6O2S. The van der Waals surface area contributed by atoms with Gasteiger partial charge in [0.25, 0.3) is 0 Å². The quantitative estimate of drug-likeness (QED) is 0.422. The maximum absolute atomic E-state index is 13.4. The van der Waals surface area contributed by atoms with Crippen LogP contribution >= 0.6 is 11.8 Å². The van der Waals surface area contributed by atoms with Gasteiger partial charge in [0.15, 0.2) is 5.16 Å². The van der Waals surface area contributed by atoms with E-state index in [1.54, 1.807) is 0 Å². The number of carbonyl (C=O) groups is 2. The fraction of sp³-hybridized carbons (Fsp3) is 0.360. The summed E-state index contributed by atoms with van der Waals surface area (Å²) in [5.74, 6) is 0.803. The van der Waals surface area contributed by atoms with Crippen molar-refractivity contribution < 1.29 is 9.59 Å². The molecule has 1 aliphatic heterocycles. The standard InChI is InChI=1S/C25H28N6O2S/c1-17-9-8-10-18(2)30(17)23(33)15-29-20-13-6-7-14-21(20)31-24(29)27-28-25(31)34-16-22(32)26-19-11-4-3-5-12-19/h3-7,11-14,17-18H,8-10,15-16H2,1-2H3,(H,26,32)/t17-,18+. The van der Waals surface area contributed by atoms with Crippen molar-refractivity contribution in [3.05, 3.63) is 54.6 Å².